The maximum absolute atomic E-state index is 8.62. The number of aliphatic hydroxyl groups is 1. The highest BCUT2D eigenvalue weighted by molar-refractivity contribution is 6.84. The largest absolute Gasteiger partial charge is 0.456 e. The highest BCUT2D eigenvalue weighted by Crippen LogP contribution is 2.25. The Kier molecular flexibility index (Phi) is 10.3. The van der Waals surface area contributed by atoms with E-state index in [-0.39, 0.29) is 0 Å². The second kappa shape index (κ2) is 10.1. The zero-order chi connectivity index (χ0) is 15.6. The average Bonchev–Trinajstić information content (AvgIpc) is 2.40. The molecule has 2 nitrogen and oxygen atoms in total. The number of hydrogen-bond acceptors (Lipinski definition) is 2. The molecule has 20 heavy (non-hydrogen) atoms. The minimum absolute atomic E-state index is 0.394. The lowest BCUT2D eigenvalue weighted by atomic mass is 9.87. The molecule has 122 valence electrons. The maximum Gasteiger partial charge on any atom is 0.173 e. The molecule has 0 unspecified atom stereocenters. The fraction of sp³-hybridized carbons (Fsp3) is 1.00. The van der Waals surface area contributed by atoms with E-state index in [0.717, 1.165) is 12.3 Å². The van der Waals surface area contributed by atoms with Crippen LogP contribution in [0, 0.1) is 5.92 Å². The molecule has 1 aliphatic carbocycles. The topological polar surface area (TPSA) is 29.5 Å². The van der Waals surface area contributed by atoms with Gasteiger partial charge in [0.1, 0.15) is 0 Å². The summed E-state index contributed by atoms with van der Waals surface area (Å²) in [6.45, 7) is 14.1. The Morgan fingerprint density at radius 1 is 0.900 bits per heavy atom. The highest BCUT2D eigenvalue weighted by Gasteiger charge is 2.29. The van der Waals surface area contributed by atoms with Crippen LogP contribution in [0.1, 0.15) is 52.4 Å². The number of aliphatic hydroxyl groups excluding tert-OH is 1. The SMILES string of the molecule is CC[Si](C)(C)O[Si](C)(C)CC.OCCC1CCCCC1. The first kappa shape index (κ1) is 20.4. The normalized spacial score (nSPS) is 17.6. The van der Waals surface area contributed by atoms with Gasteiger partial charge in [-0.3, -0.25) is 0 Å². The maximum atomic E-state index is 8.62. The molecule has 0 aromatic rings. The molecule has 0 aliphatic heterocycles. The summed E-state index contributed by atoms with van der Waals surface area (Å²) in [6, 6.07) is 2.48. The lowest BCUT2D eigenvalue weighted by molar-refractivity contribution is 0.230. The predicted octanol–water partition coefficient (Wildman–Crippen LogP) is 5.40. The molecule has 0 saturated heterocycles. The second-order valence-electron chi connectivity index (χ2n) is 7.34. The van der Waals surface area contributed by atoms with Crippen LogP contribution in [0.25, 0.3) is 0 Å². The van der Waals surface area contributed by atoms with Gasteiger partial charge < -0.3 is 9.22 Å². The van der Waals surface area contributed by atoms with Crippen LogP contribution in [0.5, 0.6) is 0 Å². The summed E-state index contributed by atoms with van der Waals surface area (Å²) in [5.74, 6) is 0.851. The van der Waals surface area contributed by atoms with Crippen LogP contribution in [0.15, 0.2) is 0 Å². The minimum atomic E-state index is -1.27. The minimum Gasteiger partial charge on any atom is -0.456 e. The quantitative estimate of drug-likeness (QED) is 0.664. The first-order chi connectivity index (χ1) is 9.26. The van der Waals surface area contributed by atoms with E-state index in [2.05, 4.69) is 40.0 Å². The van der Waals surface area contributed by atoms with Gasteiger partial charge in [-0.25, -0.2) is 0 Å². The van der Waals surface area contributed by atoms with Gasteiger partial charge in [-0.1, -0.05) is 46.0 Å². The van der Waals surface area contributed by atoms with Crippen molar-refractivity contribution in [1.82, 2.24) is 0 Å². The van der Waals surface area contributed by atoms with Crippen LogP contribution < -0.4 is 0 Å². The van der Waals surface area contributed by atoms with Gasteiger partial charge in [-0.2, -0.15) is 0 Å². The van der Waals surface area contributed by atoms with Gasteiger partial charge in [0.05, 0.1) is 0 Å². The summed E-state index contributed by atoms with van der Waals surface area (Å²) in [5.41, 5.74) is 0. The average molecular weight is 319 g/mol. The zero-order valence-electron chi connectivity index (χ0n) is 14.8. The number of rotatable bonds is 6. The molecule has 0 bridgehead atoms. The molecular weight excluding hydrogens is 280 g/mol. The van der Waals surface area contributed by atoms with Crippen molar-refractivity contribution in [3.05, 3.63) is 0 Å². The van der Waals surface area contributed by atoms with Gasteiger partial charge in [0, 0.05) is 6.61 Å². The third kappa shape index (κ3) is 10.1. The molecule has 1 saturated carbocycles. The Morgan fingerprint density at radius 3 is 1.70 bits per heavy atom. The Balaban J connectivity index is 0.000000367. The van der Waals surface area contributed by atoms with Crippen molar-refractivity contribution < 1.29 is 9.22 Å². The van der Waals surface area contributed by atoms with Gasteiger partial charge in [-0.05, 0) is 50.6 Å². The fourth-order valence-electron chi connectivity index (χ4n) is 2.55. The molecule has 0 aromatic carbocycles. The van der Waals surface area contributed by atoms with Crippen molar-refractivity contribution in [3.8, 4) is 0 Å². The van der Waals surface area contributed by atoms with Crippen molar-refractivity contribution in [2.45, 2.75) is 90.6 Å². The Hall–Kier alpha value is 0.354. The standard InChI is InChI=1S/C8H22OSi2.C8H16O/c1-7-10(3,4)9-11(5,6)8-2;9-7-6-8-4-2-1-3-5-8/h7-8H2,1-6H3;8-9H,1-7H2. The third-order valence-corrected chi connectivity index (χ3v) is 12.3. The molecular formula is C16H38O2Si2. The summed E-state index contributed by atoms with van der Waals surface area (Å²) in [6.07, 6.45) is 7.97. The van der Waals surface area contributed by atoms with Crippen LogP contribution >= 0.6 is 0 Å². The lowest BCUT2D eigenvalue weighted by Crippen LogP contribution is -2.43. The Labute approximate surface area is 129 Å². The predicted molar refractivity (Wildman–Crippen MR) is 95.3 cm³/mol. The van der Waals surface area contributed by atoms with Gasteiger partial charge in [0.25, 0.3) is 0 Å². The lowest BCUT2D eigenvalue weighted by Gasteiger charge is -2.32. The molecule has 1 rings (SSSR count). The van der Waals surface area contributed by atoms with E-state index >= 15 is 0 Å². The molecule has 1 aliphatic rings. The van der Waals surface area contributed by atoms with Crippen molar-refractivity contribution in [2.24, 2.45) is 5.92 Å². The summed E-state index contributed by atoms with van der Waals surface area (Å²) in [4.78, 5) is 0. The molecule has 0 radical (unpaired) electrons. The van der Waals surface area contributed by atoms with Gasteiger partial charge >= 0.3 is 0 Å². The fourth-order valence-corrected chi connectivity index (χ4v) is 9.69. The zero-order valence-corrected chi connectivity index (χ0v) is 16.8. The van der Waals surface area contributed by atoms with Crippen LogP contribution in [0.3, 0.4) is 0 Å². The Morgan fingerprint density at radius 2 is 1.35 bits per heavy atom. The molecule has 0 spiro atoms. The third-order valence-electron chi connectivity index (χ3n) is 4.52. The molecule has 0 amide bonds. The van der Waals surface area contributed by atoms with Crippen LogP contribution in [-0.2, 0) is 4.12 Å². The van der Waals surface area contributed by atoms with Crippen molar-refractivity contribution >= 4 is 16.6 Å². The van der Waals surface area contributed by atoms with Gasteiger partial charge in [0.15, 0.2) is 16.6 Å². The van der Waals surface area contributed by atoms with Crippen LogP contribution in [0.2, 0.25) is 38.3 Å². The smallest absolute Gasteiger partial charge is 0.173 e. The summed E-state index contributed by atoms with van der Waals surface area (Å²) in [7, 11) is -2.54. The summed E-state index contributed by atoms with van der Waals surface area (Å²) >= 11 is 0. The first-order valence-corrected chi connectivity index (χ1v) is 14.8. The van der Waals surface area contributed by atoms with E-state index in [0.29, 0.717) is 6.61 Å². The Bertz CT molecular complexity index is 220. The van der Waals surface area contributed by atoms with E-state index in [1.807, 2.05) is 0 Å². The van der Waals surface area contributed by atoms with E-state index < -0.39 is 16.6 Å². The van der Waals surface area contributed by atoms with E-state index in [9.17, 15) is 0 Å². The number of hydrogen-bond donors (Lipinski definition) is 1. The molecule has 0 heterocycles. The van der Waals surface area contributed by atoms with Crippen molar-refractivity contribution in [1.29, 1.82) is 0 Å². The van der Waals surface area contributed by atoms with Crippen molar-refractivity contribution in [3.63, 3.8) is 0 Å². The molecule has 0 atom stereocenters. The van der Waals surface area contributed by atoms with Crippen molar-refractivity contribution in [2.75, 3.05) is 6.61 Å². The summed E-state index contributed by atoms with van der Waals surface area (Å²) < 4.78 is 6.20. The van der Waals surface area contributed by atoms with E-state index in [1.54, 1.807) is 0 Å². The first-order valence-electron chi connectivity index (χ1n) is 8.57. The molecule has 0 aromatic heterocycles. The molecule has 4 heteroatoms. The molecule has 1 N–H and O–H groups in total. The second-order valence-corrected chi connectivity index (χ2v) is 16.6. The van der Waals surface area contributed by atoms with E-state index in [4.69, 9.17) is 9.22 Å². The summed E-state index contributed by atoms with van der Waals surface area (Å²) in [5, 5.41) is 8.62. The van der Waals surface area contributed by atoms with E-state index in [1.165, 1.54) is 44.2 Å². The van der Waals surface area contributed by atoms with Gasteiger partial charge in [0.2, 0.25) is 0 Å². The molecule has 1 fully saturated rings. The van der Waals surface area contributed by atoms with Crippen LogP contribution in [0.4, 0.5) is 0 Å². The highest BCUT2D eigenvalue weighted by atomic mass is 28.4. The van der Waals surface area contributed by atoms with Crippen LogP contribution in [-0.4, -0.2) is 28.3 Å². The monoisotopic (exact) mass is 318 g/mol. The van der Waals surface area contributed by atoms with Gasteiger partial charge in [-0.15, -0.1) is 0 Å².